The molecule has 0 aliphatic carbocycles. The van der Waals surface area contributed by atoms with Crippen LogP contribution in [0, 0.1) is 11.6 Å². The van der Waals surface area contributed by atoms with Crippen LogP contribution in [0.25, 0.3) is 10.9 Å². The summed E-state index contributed by atoms with van der Waals surface area (Å²) < 4.78 is 26.2. The highest BCUT2D eigenvalue weighted by Crippen LogP contribution is 2.15. The normalized spacial score (nSPS) is 10.6. The molecule has 2 aromatic rings. The summed E-state index contributed by atoms with van der Waals surface area (Å²) in [5.41, 5.74) is -1.60. The first kappa shape index (κ1) is 10.3. The van der Waals surface area contributed by atoms with Gasteiger partial charge in [0.05, 0.1) is 5.52 Å². The van der Waals surface area contributed by atoms with E-state index in [0.717, 1.165) is 18.2 Å². The predicted octanol–water partition coefficient (Wildman–Crippen LogP) is 1.50. The van der Waals surface area contributed by atoms with Gasteiger partial charge in [-0.2, -0.15) is 0 Å². The molecule has 0 atom stereocenters. The molecule has 6 heteroatoms. The summed E-state index contributed by atoms with van der Waals surface area (Å²) in [5, 5.41) is 8.55. The lowest BCUT2D eigenvalue weighted by Gasteiger charge is -2.02. The van der Waals surface area contributed by atoms with Gasteiger partial charge in [0.15, 0.2) is 17.1 Å². The lowest BCUT2D eigenvalue weighted by Crippen LogP contribution is -2.10. The minimum atomic E-state index is -1.41. The SMILES string of the molecule is O=C(O)c1cc(=O)c2ccc(F)c(F)c2[nH]1. The molecular formula is C10H5F2NO3. The fourth-order valence-corrected chi connectivity index (χ4v) is 1.37. The number of aromatic nitrogens is 1. The minimum absolute atomic E-state index is 0.0936. The third kappa shape index (κ3) is 1.44. The summed E-state index contributed by atoms with van der Waals surface area (Å²) in [4.78, 5) is 24.2. The van der Waals surface area contributed by atoms with Gasteiger partial charge in [0.25, 0.3) is 0 Å². The number of aromatic carboxylic acids is 1. The van der Waals surface area contributed by atoms with E-state index >= 15 is 0 Å². The van der Waals surface area contributed by atoms with Gasteiger partial charge in [0.1, 0.15) is 5.69 Å². The molecule has 0 aliphatic heterocycles. The van der Waals surface area contributed by atoms with Crippen LogP contribution in [0.2, 0.25) is 0 Å². The summed E-state index contributed by atoms with van der Waals surface area (Å²) in [6.07, 6.45) is 0. The van der Waals surface area contributed by atoms with E-state index in [-0.39, 0.29) is 5.39 Å². The zero-order chi connectivity index (χ0) is 11.9. The van der Waals surface area contributed by atoms with Crippen LogP contribution in [0.3, 0.4) is 0 Å². The van der Waals surface area contributed by atoms with Crippen LogP contribution in [-0.4, -0.2) is 16.1 Å². The number of fused-ring (bicyclic) bond motifs is 1. The summed E-state index contributed by atoms with van der Waals surface area (Å²) in [6, 6.07) is 2.73. The number of hydrogen-bond acceptors (Lipinski definition) is 2. The largest absolute Gasteiger partial charge is 0.477 e. The van der Waals surface area contributed by atoms with E-state index in [1.54, 1.807) is 0 Å². The van der Waals surface area contributed by atoms with Gasteiger partial charge in [-0.15, -0.1) is 0 Å². The van der Waals surface area contributed by atoms with Crippen molar-refractivity contribution in [2.24, 2.45) is 0 Å². The van der Waals surface area contributed by atoms with Gasteiger partial charge in [-0.1, -0.05) is 0 Å². The Labute approximate surface area is 87.1 Å². The quantitative estimate of drug-likeness (QED) is 0.772. The number of aromatic amines is 1. The third-order valence-corrected chi connectivity index (χ3v) is 2.13. The molecule has 2 N–H and O–H groups in total. The molecule has 1 heterocycles. The average molecular weight is 225 g/mol. The number of nitrogens with one attached hydrogen (secondary N) is 1. The number of carboxylic acids is 1. The molecule has 1 aromatic heterocycles. The third-order valence-electron chi connectivity index (χ3n) is 2.13. The van der Waals surface area contributed by atoms with Crippen molar-refractivity contribution >= 4 is 16.9 Å². The Morgan fingerprint density at radius 1 is 1.31 bits per heavy atom. The maximum absolute atomic E-state index is 13.3. The first-order chi connectivity index (χ1) is 7.50. The molecule has 0 fully saturated rings. The Kier molecular flexibility index (Phi) is 2.19. The van der Waals surface area contributed by atoms with Gasteiger partial charge in [-0.3, -0.25) is 4.79 Å². The second-order valence-electron chi connectivity index (χ2n) is 3.14. The van der Waals surface area contributed by atoms with Crippen molar-refractivity contribution in [1.82, 2.24) is 4.98 Å². The number of hydrogen-bond donors (Lipinski definition) is 2. The van der Waals surface area contributed by atoms with Crippen LogP contribution in [0.15, 0.2) is 23.0 Å². The fourth-order valence-electron chi connectivity index (χ4n) is 1.37. The molecule has 0 amide bonds. The van der Waals surface area contributed by atoms with E-state index in [1.807, 2.05) is 0 Å². The number of H-pyrrole nitrogens is 1. The number of pyridine rings is 1. The van der Waals surface area contributed by atoms with Crippen LogP contribution < -0.4 is 5.43 Å². The van der Waals surface area contributed by atoms with Crippen LogP contribution in [0.1, 0.15) is 10.5 Å². The first-order valence-corrected chi connectivity index (χ1v) is 4.25. The highest BCUT2D eigenvalue weighted by atomic mass is 19.2. The predicted molar refractivity (Wildman–Crippen MR) is 51.4 cm³/mol. The van der Waals surface area contributed by atoms with E-state index in [9.17, 15) is 18.4 Å². The molecule has 0 aliphatic rings. The number of rotatable bonds is 1. The van der Waals surface area contributed by atoms with Crippen LogP contribution in [0.5, 0.6) is 0 Å². The highest BCUT2D eigenvalue weighted by molar-refractivity contribution is 5.89. The van der Waals surface area contributed by atoms with Crippen molar-refractivity contribution in [2.45, 2.75) is 0 Å². The van der Waals surface area contributed by atoms with Crippen molar-refractivity contribution in [3.8, 4) is 0 Å². The van der Waals surface area contributed by atoms with Crippen molar-refractivity contribution in [2.75, 3.05) is 0 Å². The lowest BCUT2D eigenvalue weighted by atomic mass is 10.2. The van der Waals surface area contributed by atoms with E-state index in [4.69, 9.17) is 5.11 Å². The molecule has 0 saturated carbocycles. The van der Waals surface area contributed by atoms with Gasteiger partial charge in [0.2, 0.25) is 0 Å². The molecule has 1 aromatic carbocycles. The number of halogens is 2. The molecule has 0 radical (unpaired) electrons. The van der Waals surface area contributed by atoms with E-state index in [2.05, 4.69) is 4.98 Å². The molecular weight excluding hydrogens is 220 g/mol. The topological polar surface area (TPSA) is 70.2 Å². The standard InChI is InChI=1S/C10H5F2NO3/c11-5-2-1-4-7(14)3-6(10(15)16)13-9(4)8(5)12/h1-3H,(H,13,14)(H,15,16). The van der Waals surface area contributed by atoms with Gasteiger partial charge >= 0.3 is 5.97 Å². The molecule has 0 bridgehead atoms. The van der Waals surface area contributed by atoms with Gasteiger partial charge in [-0.05, 0) is 12.1 Å². The maximum Gasteiger partial charge on any atom is 0.352 e. The number of carboxylic acid groups (broad SMARTS) is 1. The first-order valence-electron chi connectivity index (χ1n) is 4.25. The Balaban J connectivity index is 2.94. The maximum atomic E-state index is 13.3. The van der Waals surface area contributed by atoms with Gasteiger partial charge in [-0.25, -0.2) is 13.6 Å². The minimum Gasteiger partial charge on any atom is -0.477 e. The van der Waals surface area contributed by atoms with Crippen molar-refractivity contribution < 1.29 is 18.7 Å². The molecule has 0 saturated heterocycles. The summed E-state index contributed by atoms with van der Waals surface area (Å²) in [5.74, 6) is -3.83. The molecule has 0 unspecified atom stereocenters. The Morgan fingerprint density at radius 2 is 2.00 bits per heavy atom. The molecule has 2 rings (SSSR count). The van der Waals surface area contributed by atoms with Gasteiger partial charge in [0, 0.05) is 11.5 Å². The smallest absolute Gasteiger partial charge is 0.352 e. The van der Waals surface area contributed by atoms with Crippen LogP contribution >= 0.6 is 0 Å². The van der Waals surface area contributed by atoms with E-state index in [0.29, 0.717) is 0 Å². The fraction of sp³-hybridized carbons (Fsp3) is 0. The molecule has 82 valence electrons. The zero-order valence-corrected chi connectivity index (χ0v) is 7.75. The number of carbonyl (C=O) groups is 1. The Morgan fingerprint density at radius 3 is 2.62 bits per heavy atom. The van der Waals surface area contributed by atoms with Gasteiger partial charge < -0.3 is 10.1 Å². The molecule has 16 heavy (non-hydrogen) atoms. The molecule has 4 nitrogen and oxygen atoms in total. The van der Waals surface area contributed by atoms with Crippen molar-refractivity contribution in [3.05, 3.63) is 45.8 Å². The Bertz CT molecular complexity index is 648. The Hall–Kier alpha value is -2.24. The second-order valence-corrected chi connectivity index (χ2v) is 3.14. The van der Waals surface area contributed by atoms with E-state index in [1.165, 1.54) is 0 Å². The lowest BCUT2D eigenvalue weighted by molar-refractivity contribution is 0.0691. The van der Waals surface area contributed by atoms with Crippen LogP contribution in [0.4, 0.5) is 8.78 Å². The monoisotopic (exact) mass is 225 g/mol. The van der Waals surface area contributed by atoms with Crippen molar-refractivity contribution in [1.29, 1.82) is 0 Å². The second kappa shape index (κ2) is 3.41. The zero-order valence-electron chi connectivity index (χ0n) is 7.75. The summed E-state index contributed by atoms with van der Waals surface area (Å²) in [6.45, 7) is 0. The van der Waals surface area contributed by atoms with E-state index < -0.39 is 34.2 Å². The number of benzene rings is 1. The summed E-state index contributed by atoms with van der Waals surface area (Å²) >= 11 is 0. The van der Waals surface area contributed by atoms with Crippen molar-refractivity contribution in [3.63, 3.8) is 0 Å². The highest BCUT2D eigenvalue weighted by Gasteiger charge is 2.13. The van der Waals surface area contributed by atoms with Crippen LogP contribution in [-0.2, 0) is 0 Å². The average Bonchev–Trinajstić information content (AvgIpc) is 2.23. The summed E-state index contributed by atoms with van der Waals surface area (Å²) in [7, 11) is 0. The molecule has 0 spiro atoms.